The maximum Gasteiger partial charge on any atom is 0.250 e. The largest absolute Gasteiger partial charge is 0.361 e. The van der Waals surface area contributed by atoms with Gasteiger partial charge in [0, 0.05) is 32.8 Å². The first-order valence-electron chi connectivity index (χ1n) is 8.80. The number of para-hydroxylation sites is 1. The van der Waals surface area contributed by atoms with Gasteiger partial charge in [0.2, 0.25) is 0 Å². The molecule has 0 aliphatic heterocycles. The maximum absolute atomic E-state index is 12.2. The molecule has 0 saturated carbocycles. The molecule has 4 aromatic rings. The van der Waals surface area contributed by atoms with Crippen LogP contribution in [0.25, 0.3) is 16.6 Å². The lowest BCUT2D eigenvalue weighted by Gasteiger charge is -2.07. The standard InChI is InChI=1S/C20H17BrN6OS/c1-13-24-26-20(27(13)16-5-3-2-4-6-16)29-12-19(28)25-23-11-14-10-22-18-8-7-15(21)9-17(14)18/h2-11,22H,12H2,1H3,(H,25,28). The van der Waals surface area contributed by atoms with Crippen molar-refractivity contribution in [2.75, 3.05) is 5.75 Å². The molecule has 2 aromatic carbocycles. The van der Waals surface area contributed by atoms with Crippen LogP contribution in [-0.4, -0.2) is 37.6 Å². The van der Waals surface area contributed by atoms with Crippen molar-refractivity contribution in [2.45, 2.75) is 12.1 Å². The number of H-pyrrole nitrogens is 1. The zero-order valence-corrected chi connectivity index (χ0v) is 17.9. The van der Waals surface area contributed by atoms with Crippen molar-refractivity contribution in [1.29, 1.82) is 0 Å². The van der Waals surface area contributed by atoms with Gasteiger partial charge in [0.25, 0.3) is 5.91 Å². The van der Waals surface area contributed by atoms with Crippen molar-refractivity contribution in [3.05, 3.63) is 70.6 Å². The molecule has 1 amide bonds. The summed E-state index contributed by atoms with van der Waals surface area (Å²) in [6.07, 6.45) is 3.48. The molecule has 0 atom stereocenters. The van der Waals surface area contributed by atoms with Gasteiger partial charge in [-0.05, 0) is 37.3 Å². The van der Waals surface area contributed by atoms with Crippen molar-refractivity contribution in [3.8, 4) is 5.69 Å². The molecule has 0 unspecified atom stereocenters. The molecule has 2 N–H and O–H groups in total. The number of nitrogens with zero attached hydrogens (tertiary/aromatic N) is 4. The third-order valence-corrected chi connectivity index (χ3v) is 5.63. The second-order valence-corrected chi connectivity index (χ2v) is 8.07. The van der Waals surface area contributed by atoms with E-state index in [1.54, 1.807) is 6.21 Å². The number of hydrazone groups is 1. The minimum absolute atomic E-state index is 0.182. The molecule has 0 fully saturated rings. The molecule has 0 aliphatic carbocycles. The Morgan fingerprint density at radius 2 is 2.10 bits per heavy atom. The molecule has 0 spiro atoms. The van der Waals surface area contributed by atoms with Crippen molar-refractivity contribution >= 4 is 50.7 Å². The lowest BCUT2D eigenvalue weighted by molar-refractivity contribution is -0.118. The van der Waals surface area contributed by atoms with Crippen LogP contribution in [0.1, 0.15) is 11.4 Å². The number of halogens is 1. The Balaban J connectivity index is 1.39. The molecule has 4 rings (SSSR count). The van der Waals surface area contributed by atoms with Crippen LogP contribution in [-0.2, 0) is 4.79 Å². The summed E-state index contributed by atoms with van der Waals surface area (Å²) in [5.41, 5.74) is 5.43. The summed E-state index contributed by atoms with van der Waals surface area (Å²) >= 11 is 4.78. The summed E-state index contributed by atoms with van der Waals surface area (Å²) in [7, 11) is 0. The molecule has 7 nitrogen and oxygen atoms in total. The first kappa shape index (κ1) is 19.4. The smallest absolute Gasteiger partial charge is 0.250 e. The fourth-order valence-electron chi connectivity index (χ4n) is 2.87. The van der Waals surface area contributed by atoms with E-state index in [2.05, 4.69) is 41.6 Å². The number of hydrogen-bond acceptors (Lipinski definition) is 5. The number of amides is 1. The molecule has 0 bridgehead atoms. The molecule has 2 aromatic heterocycles. The Morgan fingerprint density at radius 1 is 1.28 bits per heavy atom. The van der Waals surface area contributed by atoms with Crippen LogP contribution in [0.4, 0.5) is 0 Å². The number of aromatic amines is 1. The van der Waals surface area contributed by atoms with Gasteiger partial charge in [0.15, 0.2) is 5.16 Å². The zero-order valence-electron chi connectivity index (χ0n) is 15.5. The van der Waals surface area contributed by atoms with Crippen LogP contribution in [0.3, 0.4) is 0 Å². The number of nitrogens with one attached hydrogen (secondary N) is 2. The highest BCUT2D eigenvalue weighted by Crippen LogP contribution is 2.22. The van der Waals surface area contributed by atoms with Crippen LogP contribution in [0.5, 0.6) is 0 Å². The average Bonchev–Trinajstić information content (AvgIpc) is 3.30. The van der Waals surface area contributed by atoms with Gasteiger partial charge in [-0.15, -0.1) is 10.2 Å². The molecule has 0 radical (unpaired) electrons. The fraction of sp³-hybridized carbons (Fsp3) is 0.100. The first-order valence-corrected chi connectivity index (χ1v) is 10.6. The number of thioether (sulfide) groups is 1. The fourth-order valence-corrected chi connectivity index (χ4v) is 4.02. The highest BCUT2D eigenvalue weighted by atomic mass is 79.9. The predicted molar refractivity (Wildman–Crippen MR) is 119 cm³/mol. The average molecular weight is 469 g/mol. The normalized spacial score (nSPS) is 11.4. The number of carbonyl (C=O) groups is 1. The number of aromatic nitrogens is 4. The molecule has 0 aliphatic rings. The number of hydrogen-bond donors (Lipinski definition) is 2. The number of fused-ring (bicyclic) bond motifs is 1. The summed E-state index contributed by atoms with van der Waals surface area (Å²) in [5.74, 6) is 0.733. The third kappa shape index (κ3) is 4.41. The van der Waals surface area contributed by atoms with Crippen molar-refractivity contribution in [2.24, 2.45) is 5.10 Å². The van der Waals surface area contributed by atoms with Gasteiger partial charge in [-0.25, -0.2) is 5.43 Å². The van der Waals surface area contributed by atoms with Gasteiger partial charge < -0.3 is 4.98 Å². The minimum Gasteiger partial charge on any atom is -0.361 e. The number of rotatable bonds is 6. The molecule has 9 heteroatoms. The van der Waals surface area contributed by atoms with E-state index in [-0.39, 0.29) is 11.7 Å². The molecule has 29 heavy (non-hydrogen) atoms. The maximum atomic E-state index is 12.2. The van der Waals surface area contributed by atoms with E-state index in [4.69, 9.17) is 0 Å². The Morgan fingerprint density at radius 3 is 2.93 bits per heavy atom. The summed E-state index contributed by atoms with van der Waals surface area (Å²) in [6, 6.07) is 15.8. The predicted octanol–water partition coefficient (Wildman–Crippen LogP) is 4.06. The number of aryl methyl sites for hydroxylation is 1. The van der Waals surface area contributed by atoms with E-state index < -0.39 is 0 Å². The Bertz CT molecular complexity index is 1180. The molecular weight excluding hydrogens is 452 g/mol. The van der Waals surface area contributed by atoms with Gasteiger partial charge in [-0.1, -0.05) is 45.9 Å². The first-order chi connectivity index (χ1) is 14.1. The van der Waals surface area contributed by atoms with Crippen molar-refractivity contribution in [1.82, 2.24) is 25.2 Å². The summed E-state index contributed by atoms with van der Waals surface area (Å²) < 4.78 is 2.91. The van der Waals surface area contributed by atoms with E-state index in [0.29, 0.717) is 5.16 Å². The van der Waals surface area contributed by atoms with Crippen LogP contribution < -0.4 is 5.43 Å². The monoisotopic (exact) mass is 468 g/mol. The summed E-state index contributed by atoms with van der Waals surface area (Å²) in [5, 5.41) is 14.1. The Labute approximate surface area is 179 Å². The van der Waals surface area contributed by atoms with E-state index in [9.17, 15) is 4.79 Å². The van der Waals surface area contributed by atoms with Crippen LogP contribution >= 0.6 is 27.7 Å². The van der Waals surface area contributed by atoms with Gasteiger partial charge in [-0.2, -0.15) is 5.10 Å². The van der Waals surface area contributed by atoms with Gasteiger partial charge in [0.05, 0.1) is 12.0 Å². The lowest BCUT2D eigenvalue weighted by Crippen LogP contribution is -2.20. The van der Waals surface area contributed by atoms with Gasteiger partial charge >= 0.3 is 0 Å². The third-order valence-electron chi connectivity index (χ3n) is 4.21. The molecule has 2 heterocycles. The Hall–Kier alpha value is -2.91. The number of benzene rings is 2. The van der Waals surface area contributed by atoms with E-state index in [1.165, 1.54) is 11.8 Å². The SMILES string of the molecule is Cc1nnc(SCC(=O)NN=Cc2c[nH]c3ccc(Br)cc23)n1-c1ccccc1. The minimum atomic E-state index is -0.215. The van der Waals surface area contributed by atoms with Crippen LogP contribution in [0.2, 0.25) is 0 Å². The van der Waals surface area contributed by atoms with E-state index in [1.807, 2.05) is 66.2 Å². The zero-order chi connectivity index (χ0) is 20.2. The molecular formula is C20H17BrN6OS. The second kappa shape index (κ2) is 8.62. The van der Waals surface area contributed by atoms with Crippen LogP contribution in [0, 0.1) is 6.92 Å². The van der Waals surface area contributed by atoms with Gasteiger partial charge in [0.1, 0.15) is 5.82 Å². The topological polar surface area (TPSA) is 88.0 Å². The molecule has 0 saturated heterocycles. The van der Waals surface area contributed by atoms with Crippen molar-refractivity contribution < 1.29 is 4.79 Å². The van der Waals surface area contributed by atoms with E-state index in [0.717, 1.165) is 32.5 Å². The van der Waals surface area contributed by atoms with Crippen molar-refractivity contribution in [3.63, 3.8) is 0 Å². The van der Waals surface area contributed by atoms with E-state index >= 15 is 0 Å². The highest BCUT2D eigenvalue weighted by Gasteiger charge is 2.13. The summed E-state index contributed by atoms with van der Waals surface area (Å²) in [6.45, 7) is 1.88. The Kier molecular flexibility index (Phi) is 5.77. The summed E-state index contributed by atoms with van der Waals surface area (Å²) in [4.78, 5) is 15.4. The second-order valence-electron chi connectivity index (χ2n) is 6.22. The highest BCUT2D eigenvalue weighted by molar-refractivity contribution is 9.10. The lowest BCUT2D eigenvalue weighted by atomic mass is 10.2. The number of carbonyl (C=O) groups excluding carboxylic acids is 1. The quantitative estimate of drug-likeness (QED) is 0.253. The van der Waals surface area contributed by atoms with Crippen LogP contribution in [0.15, 0.2) is 69.5 Å². The van der Waals surface area contributed by atoms with Gasteiger partial charge in [-0.3, -0.25) is 9.36 Å². The molecule has 146 valence electrons.